The maximum atomic E-state index is 12.3. The lowest BCUT2D eigenvalue weighted by Crippen LogP contribution is -2.42. The molecule has 1 aliphatic rings. The predicted octanol–water partition coefficient (Wildman–Crippen LogP) is 1.50. The predicted molar refractivity (Wildman–Crippen MR) is 123 cm³/mol. The van der Waals surface area contributed by atoms with Crippen molar-refractivity contribution in [3.05, 3.63) is 48.0 Å². The largest absolute Gasteiger partial charge is 0.495 e. The molecule has 1 fully saturated rings. The van der Waals surface area contributed by atoms with E-state index < -0.39 is 0 Å². The number of nitrogens with one attached hydrogen (secondary N) is 2. The van der Waals surface area contributed by atoms with Crippen LogP contribution in [0.4, 0.5) is 5.69 Å². The van der Waals surface area contributed by atoms with Gasteiger partial charge in [-0.25, -0.2) is 5.43 Å². The second-order valence-corrected chi connectivity index (χ2v) is 7.13. The molecule has 10 heteroatoms. The number of hydrogen-bond donors (Lipinski definition) is 2. The van der Waals surface area contributed by atoms with E-state index in [1.54, 1.807) is 36.4 Å². The Labute approximate surface area is 192 Å². The number of hydrogen-bond acceptors (Lipinski definition) is 8. The molecular weight excluding hydrogens is 428 g/mol. The Morgan fingerprint density at radius 1 is 1.03 bits per heavy atom. The lowest BCUT2D eigenvalue weighted by molar-refractivity contribution is -0.123. The average Bonchev–Trinajstić information content (AvgIpc) is 2.84. The van der Waals surface area contributed by atoms with Crippen molar-refractivity contribution in [2.75, 3.05) is 59.0 Å². The SMILES string of the molecule is COc1ccccc1NC(=O)COc1ccc(/C=N\NC(=O)CN2CCOCC2)cc1OC. The fourth-order valence-corrected chi connectivity index (χ4v) is 3.14. The van der Waals surface area contributed by atoms with Gasteiger partial charge < -0.3 is 24.3 Å². The first kappa shape index (κ1) is 24.0. The van der Waals surface area contributed by atoms with Crippen molar-refractivity contribution in [3.63, 3.8) is 0 Å². The maximum Gasteiger partial charge on any atom is 0.262 e. The standard InChI is InChI=1S/C23H28N4O6/c1-30-19-6-4-3-5-18(19)25-23(29)16-33-20-8-7-17(13-21(20)31-2)14-24-26-22(28)15-27-9-11-32-12-10-27/h3-8,13-14H,9-12,15-16H2,1-2H3,(H,25,29)(H,26,28)/b24-14-. The second kappa shape index (κ2) is 12.4. The first-order valence-electron chi connectivity index (χ1n) is 10.4. The molecule has 33 heavy (non-hydrogen) atoms. The van der Waals surface area contributed by atoms with Crippen LogP contribution in [0, 0.1) is 0 Å². The third kappa shape index (κ3) is 7.48. The van der Waals surface area contributed by atoms with Gasteiger partial charge in [0.1, 0.15) is 5.75 Å². The Balaban J connectivity index is 1.50. The van der Waals surface area contributed by atoms with Gasteiger partial charge in [-0.05, 0) is 35.9 Å². The third-order valence-corrected chi connectivity index (χ3v) is 4.80. The van der Waals surface area contributed by atoms with E-state index in [-0.39, 0.29) is 25.0 Å². The molecule has 0 saturated carbocycles. The highest BCUT2D eigenvalue weighted by atomic mass is 16.5. The third-order valence-electron chi connectivity index (χ3n) is 4.80. The van der Waals surface area contributed by atoms with E-state index in [4.69, 9.17) is 18.9 Å². The first-order chi connectivity index (χ1) is 16.1. The normalized spacial score (nSPS) is 14.0. The molecule has 0 spiro atoms. The first-order valence-corrected chi connectivity index (χ1v) is 10.4. The van der Waals surface area contributed by atoms with E-state index >= 15 is 0 Å². The molecule has 0 bridgehead atoms. The van der Waals surface area contributed by atoms with Crippen LogP contribution in [0.3, 0.4) is 0 Å². The number of morpholine rings is 1. The molecule has 1 saturated heterocycles. The van der Waals surface area contributed by atoms with Crippen LogP contribution in [0.2, 0.25) is 0 Å². The molecule has 0 atom stereocenters. The topological polar surface area (TPSA) is 111 Å². The number of para-hydroxylation sites is 2. The molecule has 0 radical (unpaired) electrons. The van der Waals surface area contributed by atoms with E-state index in [0.29, 0.717) is 41.7 Å². The van der Waals surface area contributed by atoms with Crippen molar-refractivity contribution >= 4 is 23.7 Å². The van der Waals surface area contributed by atoms with Gasteiger partial charge in [0.25, 0.3) is 11.8 Å². The minimum Gasteiger partial charge on any atom is -0.495 e. The summed E-state index contributed by atoms with van der Waals surface area (Å²) in [4.78, 5) is 26.3. The molecule has 2 aromatic carbocycles. The monoisotopic (exact) mass is 456 g/mol. The lowest BCUT2D eigenvalue weighted by Gasteiger charge is -2.25. The van der Waals surface area contributed by atoms with Crippen LogP contribution in [0.25, 0.3) is 0 Å². The molecule has 0 aromatic heterocycles. The number of rotatable bonds is 10. The number of amides is 2. The van der Waals surface area contributed by atoms with Crippen LogP contribution >= 0.6 is 0 Å². The van der Waals surface area contributed by atoms with Crippen LogP contribution < -0.4 is 25.0 Å². The lowest BCUT2D eigenvalue weighted by atomic mass is 10.2. The highest BCUT2D eigenvalue weighted by Crippen LogP contribution is 2.28. The zero-order chi connectivity index (χ0) is 23.5. The van der Waals surface area contributed by atoms with Gasteiger partial charge >= 0.3 is 0 Å². The van der Waals surface area contributed by atoms with Gasteiger partial charge in [-0.15, -0.1) is 0 Å². The van der Waals surface area contributed by atoms with Gasteiger partial charge in [0.2, 0.25) is 0 Å². The van der Waals surface area contributed by atoms with Gasteiger partial charge in [0.15, 0.2) is 18.1 Å². The minimum absolute atomic E-state index is 0.193. The average molecular weight is 456 g/mol. The highest BCUT2D eigenvalue weighted by molar-refractivity contribution is 5.93. The van der Waals surface area contributed by atoms with Crippen molar-refractivity contribution in [2.24, 2.45) is 5.10 Å². The Hall–Kier alpha value is -3.63. The van der Waals surface area contributed by atoms with E-state index in [1.165, 1.54) is 20.4 Å². The quantitative estimate of drug-likeness (QED) is 0.412. The molecule has 1 aliphatic heterocycles. The number of carbonyl (C=O) groups excluding carboxylic acids is 2. The van der Waals surface area contributed by atoms with Crippen molar-refractivity contribution in [1.82, 2.24) is 10.3 Å². The Bertz CT molecular complexity index is 975. The molecule has 2 amide bonds. The van der Waals surface area contributed by atoms with E-state index in [9.17, 15) is 9.59 Å². The number of anilines is 1. The van der Waals surface area contributed by atoms with Gasteiger partial charge in [-0.3, -0.25) is 14.5 Å². The summed E-state index contributed by atoms with van der Waals surface area (Å²) < 4.78 is 21.5. The van der Waals surface area contributed by atoms with Gasteiger partial charge in [-0.2, -0.15) is 5.10 Å². The van der Waals surface area contributed by atoms with Crippen LogP contribution in [0.5, 0.6) is 17.2 Å². The zero-order valence-corrected chi connectivity index (χ0v) is 18.7. The molecule has 176 valence electrons. The molecule has 0 aliphatic carbocycles. The zero-order valence-electron chi connectivity index (χ0n) is 18.7. The maximum absolute atomic E-state index is 12.3. The van der Waals surface area contributed by atoms with Crippen LogP contribution in [0.15, 0.2) is 47.6 Å². The number of carbonyl (C=O) groups is 2. The smallest absolute Gasteiger partial charge is 0.262 e. The Morgan fingerprint density at radius 3 is 2.55 bits per heavy atom. The molecule has 3 rings (SSSR count). The summed E-state index contributed by atoms with van der Waals surface area (Å²) in [6.45, 7) is 2.78. The summed E-state index contributed by atoms with van der Waals surface area (Å²) in [5, 5.41) is 6.74. The number of methoxy groups -OCH3 is 2. The molecule has 1 heterocycles. The van der Waals surface area contributed by atoms with Gasteiger partial charge in [0, 0.05) is 13.1 Å². The van der Waals surface area contributed by atoms with E-state index in [1.807, 2.05) is 11.0 Å². The van der Waals surface area contributed by atoms with Crippen molar-refractivity contribution < 1.29 is 28.5 Å². The summed E-state index contributed by atoms with van der Waals surface area (Å²) in [5.41, 5.74) is 3.77. The number of hydrazone groups is 1. The van der Waals surface area contributed by atoms with Crippen LogP contribution in [-0.2, 0) is 14.3 Å². The van der Waals surface area contributed by atoms with Crippen LogP contribution in [-0.4, -0.2) is 76.6 Å². The van der Waals surface area contributed by atoms with Crippen LogP contribution in [0.1, 0.15) is 5.56 Å². The summed E-state index contributed by atoms with van der Waals surface area (Å²) in [6, 6.07) is 12.2. The fourth-order valence-electron chi connectivity index (χ4n) is 3.14. The van der Waals surface area contributed by atoms with Crippen molar-refractivity contribution in [2.45, 2.75) is 0 Å². The van der Waals surface area contributed by atoms with Crippen molar-refractivity contribution in [1.29, 1.82) is 0 Å². The van der Waals surface area contributed by atoms with Gasteiger partial charge in [-0.1, -0.05) is 12.1 Å². The summed E-state index contributed by atoms with van der Waals surface area (Å²) in [6.07, 6.45) is 1.51. The molecule has 2 aromatic rings. The number of benzene rings is 2. The Morgan fingerprint density at radius 2 is 1.79 bits per heavy atom. The Kier molecular flexibility index (Phi) is 9.04. The summed E-state index contributed by atoms with van der Waals surface area (Å²) in [7, 11) is 3.04. The van der Waals surface area contributed by atoms with Crippen molar-refractivity contribution in [3.8, 4) is 17.2 Å². The highest BCUT2D eigenvalue weighted by Gasteiger charge is 2.14. The summed E-state index contributed by atoms with van der Waals surface area (Å²) in [5.74, 6) is 0.866. The summed E-state index contributed by atoms with van der Waals surface area (Å²) >= 11 is 0. The number of nitrogens with zero attached hydrogens (tertiary/aromatic N) is 2. The molecular formula is C23H28N4O6. The van der Waals surface area contributed by atoms with E-state index in [0.717, 1.165) is 13.1 Å². The molecule has 2 N–H and O–H groups in total. The number of ether oxygens (including phenoxy) is 4. The van der Waals surface area contributed by atoms with E-state index in [2.05, 4.69) is 15.8 Å². The van der Waals surface area contributed by atoms with Gasteiger partial charge in [0.05, 0.1) is 45.9 Å². The molecule has 0 unspecified atom stereocenters. The molecule has 10 nitrogen and oxygen atoms in total. The second-order valence-electron chi connectivity index (χ2n) is 7.13. The minimum atomic E-state index is -0.338. The fraction of sp³-hybridized carbons (Fsp3) is 0.348.